The monoisotopic (exact) mass is 356 g/mol. The van der Waals surface area contributed by atoms with Gasteiger partial charge in [0.15, 0.2) is 6.61 Å². The fourth-order valence-electron chi connectivity index (χ4n) is 2.65. The topological polar surface area (TPSA) is 89.7 Å². The van der Waals surface area contributed by atoms with E-state index in [2.05, 4.69) is 0 Å². The number of halogens is 2. The molecule has 0 spiro atoms. The first kappa shape index (κ1) is 18.2. The Morgan fingerprint density at radius 3 is 2.75 bits per heavy atom. The van der Waals surface area contributed by atoms with E-state index < -0.39 is 36.2 Å². The fourth-order valence-corrected chi connectivity index (χ4v) is 2.88. The van der Waals surface area contributed by atoms with Gasteiger partial charge >= 0.3 is 5.97 Å². The van der Waals surface area contributed by atoms with Gasteiger partial charge in [0.25, 0.3) is 5.91 Å². The second-order valence-corrected chi connectivity index (χ2v) is 5.95. The Morgan fingerprint density at radius 2 is 2.08 bits per heavy atom. The summed E-state index contributed by atoms with van der Waals surface area (Å²) in [7, 11) is 0. The molecule has 2 rings (SSSR count). The minimum atomic E-state index is -0.775. The summed E-state index contributed by atoms with van der Waals surface area (Å²) in [6, 6.07) is 3.40. The highest BCUT2D eigenvalue weighted by Gasteiger charge is 2.31. The van der Waals surface area contributed by atoms with Crippen molar-refractivity contribution in [1.82, 2.24) is 4.90 Å². The zero-order valence-electron chi connectivity index (χ0n) is 13.0. The average molecular weight is 357 g/mol. The number of rotatable bonds is 5. The number of piperidine rings is 1. The van der Waals surface area contributed by atoms with E-state index in [1.807, 2.05) is 0 Å². The molecule has 1 aliphatic rings. The molecule has 0 aromatic heterocycles. The van der Waals surface area contributed by atoms with E-state index in [1.54, 1.807) is 0 Å². The summed E-state index contributed by atoms with van der Waals surface area (Å²) >= 11 is 5.84. The van der Waals surface area contributed by atoms with Gasteiger partial charge in [-0.3, -0.25) is 14.4 Å². The number of esters is 1. The smallest absolute Gasteiger partial charge is 0.310 e. The summed E-state index contributed by atoms with van der Waals surface area (Å²) in [6.07, 6.45) is 1.69. The van der Waals surface area contributed by atoms with E-state index in [-0.39, 0.29) is 17.0 Å². The molecule has 1 saturated heterocycles. The third-order valence-corrected chi connectivity index (χ3v) is 4.25. The van der Waals surface area contributed by atoms with Crippen molar-refractivity contribution in [1.29, 1.82) is 0 Å². The molecule has 1 aliphatic heterocycles. The number of nitrogens with two attached hydrogens (primary N) is 1. The van der Waals surface area contributed by atoms with Crippen molar-refractivity contribution in [2.24, 2.45) is 5.73 Å². The summed E-state index contributed by atoms with van der Waals surface area (Å²) in [5.74, 6) is -2.46. The Bertz CT molecular complexity index is 633. The molecule has 0 radical (unpaired) electrons. The Morgan fingerprint density at radius 1 is 1.33 bits per heavy atom. The predicted octanol–water partition coefficient (Wildman–Crippen LogP) is 1.43. The van der Waals surface area contributed by atoms with Gasteiger partial charge in [0.2, 0.25) is 5.91 Å². The number of carbonyl (C=O) groups excluding carboxylic acids is 3. The number of hydrogen-bond donors (Lipinski definition) is 1. The number of ether oxygens (including phenoxy) is 1. The van der Waals surface area contributed by atoms with Crippen LogP contribution in [0.25, 0.3) is 0 Å². The highest BCUT2D eigenvalue weighted by atomic mass is 35.5. The summed E-state index contributed by atoms with van der Waals surface area (Å²) in [5.41, 5.74) is 5.31. The lowest BCUT2D eigenvalue weighted by Gasteiger charge is -2.33. The van der Waals surface area contributed by atoms with Crippen LogP contribution in [0.2, 0.25) is 5.02 Å². The van der Waals surface area contributed by atoms with Crippen molar-refractivity contribution < 1.29 is 23.5 Å². The SMILES string of the molecule is NC(=O)[C@H]1CCCCN1C(=O)COC(=O)Cc1c(F)cccc1Cl. The van der Waals surface area contributed by atoms with Gasteiger partial charge in [-0.15, -0.1) is 0 Å². The van der Waals surface area contributed by atoms with E-state index in [1.165, 1.54) is 23.1 Å². The van der Waals surface area contributed by atoms with Gasteiger partial charge in [0.1, 0.15) is 11.9 Å². The summed E-state index contributed by atoms with van der Waals surface area (Å²) in [6.45, 7) is -0.127. The van der Waals surface area contributed by atoms with Gasteiger partial charge in [0, 0.05) is 17.1 Å². The Hall–Kier alpha value is -2.15. The van der Waals surface area contributed by atoms with Gasteiger partial charge in [-0.1, -0.05) is 17.7 Å². The minimum Gasteiger partial charge on any atom is -0.455 e. The van der Waals surface area contributed by atoms with Crippen LogP contribution in [0.5, 0.6) is 0 Å². The molecule has 1 heterocycles. The van der Waals surface area contributed by atoms with Crippen LogP contribution in [0.1, 0.15) is 24.8 Å². The number of carbonyl (C=O) groups is 3. The summed E-state index contributed by atoms with van der Waals surface area (Å²) in [4.78, 5) is 36.7. The number of benzene rings is 1. The molecule has 0 aliphatic carbocycles. The molecule has 0 unspecified atom stereocenters. The first-order chi connectivity index (χ1) is 11.4. The molecule has 1 fully saturated rings. The quantitative estimate of drug-likeness (QED) is 0.808. The zero-order valence-corrected chi connectivity index (χ0v) is 13.7. The van der Waals surface area contributed by atoms with Crippen LogP contribution in [-0.2, 0) is 25.5 Å². The van der Waals surface area contributed by atoms with E-state index in [4.69, 9.17) is 22.1 Å². The number of hydrogen-bond acceptors (Lipinski definition) is 4. The molecule has 24 heavy (non-hydrogen) atoms. The van der Waals surface area contributed by atoms with Gasteiger partial charge in [-0.05, 0) is 31.4 Å². The standard InChI is InChI=1S/C16H18ClFN2O4/c17-11-4-3-5-12(18)10(11)8-15(22)24-9-14(21)20-7-2-1-6-13(20)16(19)23/h3-5,13H,1-2,6-9H2,(H2,19,23)/t13-/m1/s1. The van der Waals surface area contributed by atoms with E-state index >= 15 is 0 Å². The molecule has 2 N–H and O–H groups in total. The van der Waals surface area contributed by atoms with Crippen LogP contribution in [0.4, 0.5) is 4.39 Å². The lowest BCUT2D eigenvalue weighted by Crippen LogP contribution is -2.51. The molecule has 8 heteroatoms. The number of primary amides is 1. The highest BCUT2D eigenvalue weighted by Crippen LogP contribution is 2.20. The average Bonchev–Trinajstić information content (AvgIpc) is 2.56. The minimum absolute atomic E-state index is 0.0181. The lowest BCUT2D eigenvalue weighted by molar-refractivity contribution is -0.154. The molecule has 130 valence electrons. The Kier molecular flexibility index (Phi) is 6.14. The van der Waals surface area contributed by atoms with Crippen LogP contribution >= 0.6 is 11.6 Å². The summed E-state index contributed by atoms with van der Waals surface area (Å²) < 4.78 is 18.5. The van der Waals surface area contributed by atoms with Crippen molar-refractivity contribution in [2.75, 3.05) is 13.2 Å². The van der Waals surface area contributed by atoms with Crippen molar-refractivity contribution in [3.63, 3.8) is 0 Å². The van der Waals surface area contributed by atoms with E-state index in [9.17, 15) is 18.8 Å². The van der Waals surface area contributed by atoms with Crippen molar-refractivity contribution in [3.8, 4) is 0 Å². The van der Waals surface area contributed by atoms with Crippen LogP contribution in [-0.4, -0.2) is 41.9 Å². The van der Waals surface area contributed by atoms with Gasteiger partial charge in [0.05, 0.1) is 6.42 Å². The normalized spacial score (nSPS) is 17.4. The van der Waals surface area contributed by atoms with Crippen molar-refractivity contribution >= 4 is 29.4 Å². The molecule has 1 aromatic rings. The maximum Gasteiger partial charge on any atom is 0.310 e. The molecule has 1 atom stereocenters. The molecular formula is C16H18ClFN2O4. The molecule has 1 aromatic carbocycles. The second-order valence-electron chi connectivity index (χ2n) is 5.54. The van der Waals surface area contributed by atoms with Crippen LogP contribution < -0.4 is 5.73 Å². The molecular weight excluding hydrogens is 339 g/mol. The first-order valence-corrected chi connectivity index (χ1v) is 7.95. The third-order valence-electron chi connectivity index (χ3n) is 3.89. The first-order valence-electron chi connectivity index (χ1n) is 7.57. The Balaban J connectivity index is 1.91. The molecule has 0 saturated carbocycles. The van der Waals surface area contributed by atoms with Crippen LogP contribution in [0.3, 0.4) is 0 Å². The predicted molar refractivity (Wildman–Crippen MR) is 84.6 cm³/mol. The Labute approximate surface area is 143 Å². The molecule has 0 bridgehead atoms. The number of likely N-dealkylation sites (tertiary alicyclic amines) is 1. The van der Waals surface area contributed by atoms with Gasteiger partial charge in [-0.2, -0.15) is 0 Å². The fraction of sp³-hybridized carbons (Fsp3) is 0.438. The van der Waals surface area contributed by atoms with E-state index in [0.717, 1.165) is 12.8 Å². The number of amides is 2. The highest BCUT2D eigenvalue weighted by molar-refractivity contribution is 6.31. The third kappa shape index (κ3) is 4.44. The zero-order chi connectivity index (χ0) is 17.7. The van der Waals surface area contributed by atoms with Gasteiger partial charge in [-0.25, -0.2) is 4.39 Å². The maximum absolute atomic E-state index is 13.6. The van der Waals surface area contributed by atoms with Crippen LogP contribution in [0, 0.1) is 5.82 Å². The maximum atomic E-state index is 13.6. The van der Waals surface area contributed by atoms with Crippen molar-refractivity contribution in [2.45, 2.75) is 31.7 Å². The second kappa shape index (κ2) is 8.10. The largest absolute Gasteiger partial charge is 0.455 e. The van der Waals surface area contributed by atoms with Gasteiger partial charge < -0.3 is 15.4 Å². The molecule has 2 amide bonds. The number of nitrogens with zero attached hydrogens (tertiary/aromatic N) is 1. The van der Waals surface area contributed by atoms with Crippen LogP contribution in [0.15, 0.2) is 18.2 Å². The van der Waals surface area contributed by atoms with Crippen molar-refractivity contribution in [3.05, 3.63) is 34.6 Å². The lowest BCUT2D eigenvalue weighted by atomic mass is 10.0. The molecule has 6 nitrogen and oxygen atoms in total. The van der Waals surface area contributed by atoms with E-state index in [0.29, 0.717) is 13.0 Å². The summed E-state index contributed by atoms with van der Waals surface area (Å²) in [5, 5.41) is 0.114.